The molecule has 0 radical (unpaired) electrons. The van der Waals surface area contributed by atoms with Crippen LogP contribution >= 0.6 is 0 Å². The standard InChI is InChI=1S/C14H21N5O/c1-8-10(9(2)20-19-8)7-16-12-6-11(15)17-13(18-12)14(3,4)5/h6H,7H2,1-5H3,(H3,15,16,17,18). The average Bonchev–Trinajstić information content (AvgIpc) is 2.65. The lowest BCUT2D eigenvalue weighted by atomic mass is 9.96. The monoisotopic (exact) mass is 275 g/mol. The normalized spacial score (nSPS) is 11.7. The van der Waals surface area contributed by atoms with Crippen LogP contribution in [-0.4, -0.2) is 15.1 Å². The number of hydrogen-bond donors (Lipinski definition) is 2. The summed E-state index contributed by atoms with van der Waals surface area (Å²) < 4.78 is 5.14. The van der Waals surface area contributed by atoms with Crippen LogP contribution in [-0.2, 0) is 12.0 Å². The molecule has 6 heteroatoms. The van der Waals surface area contributed by atoms with Crippen LogP contribution in [0.1, 0.15) is 43.6 Å². The Morgan fingerprint density at radius 1 is 1.25 bits per heavy atom. The van der Waals surface area contributed by atoms with Gasteiger partial charge >= 0.3 is 0 Å². The van der Waals surface area contributed by atoms with Crippen LogP contribution in [0.3, 0.4) is 0 Å². The van der Waals surface area contributed by atoms with Gasteiger partial charge in [-0.3, -0.25) is 0 Å². The molecule has 6 nitrogen and oxygen atoms in total. The molecular formula is C14H21N5O. The lowest BCUT2D eigenvalue weighted by molar-refractivity contribution is 0.392. The zero-order chi connectivity index (χ0) is 14.9. The third-order valence-electron chi connectivity index (χ3n) is 3.04. The predicted octanol–water partition coefficient (Wildman–Crippen LogP) is 2.57. The Bertz CT molecular complexity index is 593. The highest BCUT2D eigenvalue weighted by Crippen LogP contribution is 2.22. The summed E-state index contributed by atoms with van der Waals surface area (Å²) in [6, 6.07) is 1.73. The lowest BCUT2D eigenvalue weighted by Gasteiger charge is -2.18. The Kier molecular flexibility index (Phi) is 3.65. The molecule has 0 aromatic carbocycles. The first-order valence-corrected chi connectivity index (χ1v) is 6.58. The van der Waals surface area contributed by atoms with Crippen molar-refractivity contribution in [2.45, 2.75) is 46.6 Å². The number of nitrogen functional groups attached to an aromatic ring is 1. The van der Waals surface area contributed by atoms with Gasteiger partial charge in [0, 0.05) is 23.6 Å². The van der Waals surface area contributed by atoms with Crippen LogP contribution in [0, 0.1) is 13.8 Å². The number of anilines is 2. The van der Waals surface area contributed by atoms with E-state index in [0.717, 1.165) is 22.8 Å². The highest BCUT2D eigenvalue weighted by Gasteiger charge is 2.19. The first-order valence-electron chi connectivity index (χ1n) is 6.58. The van der Waals surface area contributed by atoms with Crippen molar-refractivity contribution >= 4 is 11.6 Å². The highest BCUT2D eigenvalue weighted by molar-refractivity contribution is 5.46. The number of aryl methyl sites for hydroxylation is 2. The zero-order valence-electron chi connectivity index (χ0n) is 12.6. The summed E-state index contributed by atoms with van der Waals surface area (Å²) in [5, 5.41) is 7.18. The largest absolute Gasteiger partial charge is 0.384 e. The molecule has 0 fully saturated rings. The van der Waals surface area contributed by atoms with Crippen LogP contribution in [0.2, 0.25) is 0 Å². The third kappa shape index (κ3) is 3.07. The molecule has 0 amide bonds. The first-order chi connectivity index (χ1) is 9.27. The number of nitrogens with two attached hydrogens (primary N) is 1. The fourth-order valence-electron chi connectivity index (χ4n) is 1.83. The Morgan fingerprint density at radius 3 is 2.50 bits per heavy atom. The van der Waals surface area contributed by atoms with E-state index in [0.29, 0.717) is 18.2 Å². The lowest BCUT2D eigenvalue weighted by Crippen LogP contribution is -2.18. The van der Waals surface area contributed by atoms with Gasteiger partial charge in [-0.15, -0.1) is 0 Å². The smallest absolute Gasteiger partial charge is 0.138 e. The van der Waals surface area contributed by atoms with Gasteiger partial charge < -0.3 is 15.6 Å². The zero-order valence-corrected chi connectivity index (χ0v) is 12.6. The van der Waals surface area contributed by atoms with Crippen LogP contribution in [0.15, 0.2) is 10.6 Å². The summed E-state index contributed by atoms with van der Waals surface area (Å²) >= 11 is 0. The van der Waals surface area contributed by atoms with Crippen molar-refractivity contribution in [1.82, 2.24) is 15.1 Å². The molecule has 0 aliphatic carbocycles. The van der Waals surface area contributed by atoms with E-state index in [1.165, 1.54) is 0 Å². The van der Waals surface area contributed by atoms with Gasteiger partial charge in [0.1, 0.15) is 23.2 Å². The second-order valence-corrected chi connectivity index (χ2v) is 5.91. The number of aromatic nitrogens is 3. The second kappa shape index (κ2) is 5.11. The minimum atomic E-state index is -0.144. The van der Waals surface area contributed by atoms with Crippen LogP contribution < -0.4 is 11.1 Å². The van der Waals surface area contributed by atoms with Crippen LogP contribution in [0.5, 0.6) is 0 Å². The van der Waals surface area contributed by atoms with Crippen molar-refractivity contribution in [1.29, 1.82) is 0 Å². The minimum Gasteiger partial charge on any atom is -0.384 e. The summed E-state index contributed by atoms with van der Waals surface area (Å²) in [7, 11) is 0. The van der Waals surface area contributed by atoms with Crippen molar-refractivity contribution in [3.63, 3.8) is 0 Å². The van der Waals surface area contributed by atoms with Crippen LogP contribution in [0.25, 0.3) is 0 Å². The van der Waals surface area contributed by atoms with Gasteiger partial charge in [0.2, 0.25) is 0 Å². The quantitative estimate of drug-likeness (QED) is 0.894. The SMILES string of the molecule is Cc1noc(C)c1CNc1cc(N)nc(C(C)(C)C)n1. The van der Waals surface area contributed by atoms with E-state index >= 15 is 0 Å². The first kappa shape index (κ1) is 14.3. The summed E-state index contributed by atoms with van der Waals surface area (Å²) in [5.41, 5.74) is 7.62. The van der Waals surface area contributed by atoms with Gasteiger partial charge in [-0.1, -0.05) is 25.9 Å². The Labute approximate surface area is 118 Å². The van der Waals surface area contributed by atoms with Gasteiger partial charge in [0.15, 0.2) is 0 Å². The molecule has 0 saturated carbocycles. The van der Waals surface area contributed by atoms with E-state index in [4.69, 9.17) is 10.3 Å². The number of nitrogens with one attached hydrogen (secondary N) is 1. The molecule has 0 unspecified atom stereocenters. The molecule has 2 aromatic heterocycles. The molecular weight excluding hydrogens is 254 g/mol. The van der Waals surface area contributed by atoms with E-state index in [1.807, 2.05) is 13.8 Å². The summed E-state index contributed by atoms with van der Waals surface area (Å²) in [5.74, 6) is 2.71. The predicted molar refractivity (Wildman–Crippen MR) is 78.4 cm³/mol. The van der Waals surface area contributed by atoms with Gasteiger partial charge in [-0.25, -0.2) is 9.97 Å². The topological polar surface area (TPSA) is 89.9 Å². The Balaban J connectivity index is 2.20. The molecule has 0 atom stereocenters. The van der Waals surface area contributed by atoms with E-state index in [2.05, 4.69) is 41.2 Å². The maximum atomic E-state index is 5.84. The van der Waals surface area contributed by atoms with Gasteiger partial charge in [0.25, 0.3) is 0 Å². The fraction of sp³-hybridized carbons (Fsp3) is 0.500. The maximum absolute atomic E-state index is 5.84. The summed E-state index contributed by atoms with van der Waals surface area (Å²) in [4.78, 5) is 8.79. The molecule has 0 spiro atoms. The molecule has 2 heterocycles. The molecule has 2 aromatic rings. The fourth-order valence-corrected chi connectivity index (χ4v) is 1.83. The van der Waals surface area contributed by atoms with E-state index in [-0.39, 0.29) is 5.41 Å². The van der Waals surface area contributed by atoms with Crippen molar-refractivity contribution in [3.8, 4) is 0 Å². The van der Waals surface area contributed by atoms with E-state index < -0.39 is 0 Å². The molecule has 20 heavy (non-hydrogen) atoms. The molecule has 0 bridgehead atoms. The third-order valence-corrected chi connectivity index (χ3v) is 3.04. The highest BCUT2D eigenvalue weighted by atomic mass is 16.5. The number of hydrogen-bond acceptors (Lipinski definition) is 6. The van der Waals surface area contributed by atoms with Gasteiger partial charge in [0.05, 0.1) is 5.69 Å². The van der Waals surface area contributed by atoms with Crippen molar-refractivity contribution in [2.75, 3.05) is 11.1 Å². The average molecular weight is 275 g/mol. The van der Waals surface area contributed by atoms with Gasteiger partial charge in [-0.2, -0.15) is 0 Å². The molecule has 2 rings (SSSR count). The minimum absolute atomic E-state index is 0.144. The van der Waals surface area contributed by atoms with E-state index in [9.17, 15) is 0 Å². The molecule has 0 saturated heterocycles. The molecule has 3 N–H and O–H groups in total. The van der Waals surface area contributed by atoms with Crippen molar-refractivity contribution in [3.05, 3.63) is 28.9 Å². The maximum Gasteiger partial charge on any atom is 0.138 e. The number of rotatable bonds is 3. The summed E-state index contributed by atoms with van der Waals surface area (Å²) in [6.07, 6.45) is 0. The van der Waals surface area contributed by atoms with E-state index in [1.54, 1.807) is 6.07 Å². The Morgan fingerprint density at radius 2 is 1.95 bits per heavy atom. The molecule has 108 valence electrons. The van der Waals surface area contributed by atoms with Crippen LogP contribution in [0.4, 0.5) is 11.6 Å². The molecule has 0 aliphatic rings. The number of nitrogens with zero attached hydrogens (tertiary/aromatic N) is 3. The van der Waals surface area contributed by atoms with Crippen molar-refractivity contribution < 1.29 is 4.52 Å². The van der Waals surface area contributed by atoms with Gasteiger partial charge in [-0.05, 0) is 13.8 Å². The summed E-state index contributed by atoms with van der Waals surface area (Å²) in [6.45, 7) is 10.6. The Hall–Kier alpha value is -2.11. The molecule has 0 aliphatic heterocycles. The second-order valence-electron chi connectivity index (χ2n) is 5.91. The van der Waals surface area contributed by atoms with Crippen molar-refractivity contribution in [2.24, 2.45) is 0 Å².